The minimum Gasteiger partial charge on any atom is -0.444 e. The van der Waals surface area contributed by atoms with Gasteiger partial charge in [-0.3, -0.25) is 0 Å². The third-order valence-corrected chi connectivity index (χ3v) is 3.57. The maximum atomic E-state index is 12.1. The van der Waals surface area contributed by atoms with E-state index >= 15 is 0 Å². The number of hydrogen-bond acceptors (Lipinski definition) is 3. The Morgan fingerprint density at radius 1 is 1.40 bits per heavy atom. The number of amides is 1. The molecule has 0 aromatic carbocycles. The molecule has 0 radical (unpaired) electrons. The van der Waals surface area contributed by atoms with Crippen LogP contribution in [0.2, 0.25) is 0 Å². The summed E-state index contributed by atoms with van der Waals surface area (Å²) in [5, 5.41) is 0. The molecule has 1 amide bonds. The Morgan fingerprint density at radius 3 is 2.70 bits per heavy atom. The second-order valence-corrected chi connectivity index (χ2v) is 6.76. The summed E-state index contributed by atoms with van der Waals surface area (Å²) in [6.07, 6.45) is 5.09. The van der Waals surface area contributed by atoms with E-state index in [9.17, 15) is 4.79 Å². The smallest absolute Gasteiger partial charge is 0.410 e. The van der Waals surface area contributed by atoms with Crippen molar-refractivity contribution >= 4 is 6.09 Å². The Bertz CT molecular complexity index is 334. The van der Waals surface area contributed by atoms with Gasteiger partial charge in [0.05, 0.1) is 0 Å². The van der Waals surface area contributed by atoms with Crippen molar-refractivity contribution in [3.63, 3.8) is 0 Å². The molecule has 1 heterocycles. The summed E-state index contributed by atoms with van der Waals surface area (Å²) in [7, 11) is 0. The van der Waals surface area contributed by atoms with Crippen LogP contribution in [0.1, 0.15) is 52.9 Å². The summed E-state index contributed by atoms with van der Waals surface area (Å²) in [5.41, 5.74) is 6.34. The molecule has 1 aliphatic heterocycles. The largest absolute Gasteiger partial charge is 0.444 e. The predicted molar refractivity (Wildman–Crippen MR) is 82.6 cm³/mol. The van der Waals surface area contributed by atoms with E-state index in [0.29, 0.717) is 12.5 Å². The highest BCUT2D eigenvalue weighted by Crippen LogP contribution is 2.24. The monoisotopic (exact) mass is 282 g/mol. The topological polar surface area (TPSA) is 55.6 Å². The summed E-state index contributed by atoms with van der Waals surface area (Å²) in [6, 6.07) is 0. The molecule has 2 N–H and O–H groups in total. The van der Waals surface area contributed by atoms with E-state index in [1.165, 1.54) is 12.0 Å². The molecule has 1 atom stereocenters. The van der Waals surface area contributed by atoms with Crippen molar-refractivity contribution in [3.8, 4) is 0 Å². The molecule has 20 heavy (non-hydrogen) atoms. The molecule has 4 heteroatoms. The van der Waals surface area contributed by atoms with Gasteiger partial charge in [-0.25, -0.2) is 4.79 Å². The predicted octanol–water partition coefficient (Wildman–Crippen LogP) is 3.32. The van der Waals surface area contributed by atoms with Crippen LogP contribution in [0, 0.1) is 5.92 Å². The molecular weight excluding hydrogens is 252 g/mol. The Hall–Kier alpha value is -1.03. The van der Waals surface area contributed by atoms with E-state index in [4.69, 9.17) is 10.5 Å². The standard InChI is InChI=1S/C16H30N2O2/c1-13(9-10-17)7-8-14-6-5-11-18(12-14)15(19)20-16(2,3)4/h14H,1,5-12,17H2,2-4H3. The van der Waals surface area contributed by atoms with Gasteiger partial charge in [0.25, 0.3) is 0 Å². The van der Waals surface area contributed by atoms with Crippen LogP contribution in [0.3, 0.4) is 0 Å². The SMILES string of the molecule is C=C(CCN)CCC1CCCN(C(=O)OC(C)(C)C)C1. The number of likely N-dealkylation sites (tertiary alicyclic amines) is 1. The number of rotatable bonds is 5. The van der Waals surface area contributed by atoms with E-state index in [-0.39, 0.29) is 6.09 Å². The zero-order valence-electron chi connectivity index (χ0n) is 13.3. The Labute approximate surface area is 123 Å². The van der Waals surface area contributed by atoms with Crippen LogP contribution in [0.5, 0.6) is 0 Å². The molecule has 0 bridgehead atoms. The first-order chi connectivity index (χ1) is 9.31. The molecule has 0 aromatic heterocycles. The van der Waals surface area contributed by atoms with Crippen LogP contribution < -0.4 is 5.73 Å². The molecule has 1 saturated heterocycles. The lowest BCUT2D eigenvalue weighted by molar-refractivity contribution is 0.0162. The van der Waals surface area contributed by atoms with Gasteiger partial charge in [0.15, 0.2) is 0 Å². The Balaban J connectivity index is 2.38. The van der Waals surface area contributed by atoms with Crippen LogP contribution in [0.15, 0.2) is 12.2 Å². The molecule has 0 aliphatic carbocycles. The van der Waals surface area contributed by atoms with Crippen molar-refractivity contribution in [2.45, 2.75) is 58.5 Å². The van der Waals surface area contributed by atoms with Crippen LogP contribution in [0.25, 0.3) is 0 Å². The van der Waals surface area contributed by atoms with Gasteiger partial charge in [-0.2, -0.15) is 0 Å². The van der Waals surface area contributed by atoms with E-state index in [0.717, 1.165) is 38.8 Å². The maximum absolute atomic E-state index is 12.1. The number of piperidine rings is 1. The summed E-state index contributed by atoms with van der Waals surface area (Å²) in [4.78, 5) is 13.9. The van der Waals surface area contributed by atoms with Crippen molar-refractivity contribution in [1.29, 1.82) is 0 Å². The molecule has 1 rings (SSSR count). The van der Waals surface area contributed by atoms with Crippen LogP contribution in [-0.4, -0.2) is 36.2 Å². The quantitative estimate of drug-likeness (QED) is 0.787. The van der Waals surface area contributed by atoms with Crippen molar-refractivity contribution in [3.05, 3.63) is 12.2 Å². The van der Waals surface area contributed by atoms with E-state index in [1.54, 1.807) is 0 Å². The molecule has 1 fully saturated rings. The van der Waals surface area contributed by atoms with Gasteiger partial charge < -0.3 is 15.4 Å². The molecular formula is C16H30N2O2. The molecule has 0 saturated carbocycles. The number of nitrogens with two attached hydrogens (primary N) is 1. The van der Waals surface area contributed by atoms with Crippen molar-refractivity contribution < 1.29 is 9.53 Å². The minimum atomic E-state index is -0.417. The van der Waals surface area contributed by atoms with Crippen molar-refractivity contribution in [2.75, 3.05) is 19.6 Å². The van der Waals surface area contributed by atoms with Gasteiger partial charge in [-0.15, -0.1) is 0 Å². The molecule has 0 aromatic rings. The molecule has 1 aliphatic rings. The number of hydrogen-bond donors (Lipinski definition) is 1. The number of carbonyl (C=O) groups excluding carboxylic acids is 1. The first-order valence-corrected chi connectivity index (χ1v) is 7.66. The van der Waals surface area contributed by atoms with Crippen LogP contribution >= 0.6 is 0 Å². The zero-order valence-corrected chi connectivity index (χ0v) is 13.3. The Morgan fingerprint density at radius 2 is 2.10 bits per heavy atom. The molecule has 4 nitrogen and oxygen atoms in total. The van der Waals surface area contributed by atoms with E-state index in [2.05, 4.69) is 6.58 Å². The lowest BCUT2D eigenvalue weighted by atomic mass is 9.91. The van der Waals surface area contributed by atoms with Gasteiger partial charge in [0.1, 0.15) is 5.60 Å². The van der Waals surface area contributed by atoms with Crippen molar-refractivity contribution in [2.24, 2.45) is 11.7 Å². The average Bonchev–Trinajstić information content (AvgIpc) is 2.35. The number of carbonyl (C=O) groups is 1. The molecule has 0 spiro atoms. The molecule has 116 valence electrons. The van der Waals surface area contributed by atoms with Gasteiger partial charge in [0, 0.05) is 13.1 Å². The third kappa shape index (κ3) is 6.42. The first kappa shape index (κ1) is 17.0. The highest BCUT2D eigenvalue weighted by molar-refractivity contribution is 5.68. The number of ether oxygens (including phenoxy) is 1. The van der Waals surface area contributed by atoms with Gasteiger partial charge >= 0.3 is 6.09 Å². The minimum absolute atomic E-state index is 0.178. The number of nitrogens with zero attached hydrogens (tertiary/aromatic N) is 1. The summed E-state index contributed by atoms with van der Waals surface area (Å²) in [5.74, 6) is 0.561. The van der Waals surface area contributed by atoms with Gasteiger partial charge in [0.2, 0.25) is 0 Å². The van der Waals surface area contributed by atoms with Gasteiger partial charge in [-0.1, -0.05) is 12.2 Å². The van der Waals surface area contributed by atoms with Crippen LogP contribution in [0.4, 0.5) is 4.79 Å². The first-order valence-electron chi connectivity index (χ1n) is 7.66. The highest BCUT2D eigenvalue weighted by Gasteiger charge is 2.27. The van der Waals surface area contributed by atoms with Crippen molar-refractivity contribution in [1.82, 2.24) is 4.90 Å². The summed E-state index contributed by atoms with van der Waals surface area (Å²) >= 11 is 0. The average molecular weight is 282 g/mol. The fraction of sp³-hybridized carbons (Fsp3) is 0.812. The van der Waals surface area contributed by atoms with Crippen LogP contribution in [-0.2, 0) is 4.74 Å². The second kappa shape index (κ2) is 7.67. The molecule has 1 unspecified atom stereocenters. The highest BCUT2D eigenvalue weighted by atomic mass is 16.6. The lowest BCUT2D eigenvalue weighted by Gasteiger charge is -2.34. The van der Waals surface area contributed by atoms with Gasteiger partial charge in [-0.05, 0) is 65.3 Å². The second-order valence-electron chi connectivity index (χ2n) is 6.76. The third-order valence-electron chi connectivity index (χ3n) is 3.57. The summed E-state index contributed by atoms with van der Waals surface area (Å²) < 4.78 is 5.44. The Kier molecular flexibility index (Phi) is 6.53. The maximum Gasteiger partial charge on any atom is 0.410 e. The summed E-state index contributed by atoms with van der Waals surface area (Å²) in [6.45, 7) is 12.1. The zero-order chi connectivity index (χ0) is 15.2. The fourth-order valence-electron chi connectivity index (χ4n) is 2.53. The van der Waals surface area contributed by atoms with E-state index in [1.807, 2.05) is 25.7 Å². The lowest BCUT2D eigenvalue weighted by Crippen LogP contribution is -2.42. The normalized spacial score (nSPS) is 19.8. The fourth-order valence-corrected chi connectivity index (χ4v) is 2.53. The van der Waals surface area contributed by atoms with E-state index < -0.39 is 5.60 Å².